The molecule has 0 unspecified atom stereocenters. The van der Waals surface area contributed by atoms with Gasteiger partial charge in [-0.3, -0.25) is 19.5 Å². The summed E-state index contributed by atoms with van der Waals surface area (Å²) >= 11 is 6.16. The molecule has 0 saturated heterocycles. The third-order valence-electron chi connectivity index (χ3n) is 6.54. The number of benzene rings is 3. The molecular formula is C30H30ClFN7O7P. The molecule has 14 nitrogen and oxygen atoms in total. The minimum Gasteiger partial charge on any atom is -0.449 e. The maximum absolute atomic E-state index is 14.9. The Labute approximate surface area is 273 Å². The summed E-state index contributed by atoms with van der Waals surface area (Å²) in [6.07, 6.45) is 3.08. The average Bonchev–Trinajstić information content (AvgIpc) is 3.60. The Hall–Kier alpha value is -4.95. The molecule has 0 spiro atoms. The standard InChI is InChI=1S/C30H30ClFN7O7P/c1-44-47(43,45-2)15-14-46-30(42)36-25-11-10-23(18-24(25)32)34-29(41)26(16-20-6-4-3-5-7-20)35-28(40)13-8-21-17-22(31)9-12-27(21)39-19-33-37-38-39/h3-13,17-19,26H,14-16H2,1-2H3,(H,34,41)(H,35,40)(H,36,42)/t26-/m0/s1. The van der Waals surface area contributed by atoms with Gasteiger partial charge in [0.05, 0.1) is 17.5 Å². The highest BCUT2D eigenvalue weighted by Crippen LogP contribution is 2.45. The summed E-state index contributed by atoms with van der Waals surface area (Å²) in [5, 5.41) is 19.1. The fourth-order valence-corrected chi connectivity index (χ4v) is 5.17. The van der Waals surface area contributed by atoms with Crippen LogP contribution in [-0.4, -0.2) is 71.1 Å². The Morgan fingerprint density at radius 2 is 1.81 bits per heavy atom. The number of hydrogen-bond donors (Lipinski definition) is 3. The van der Waals surface area contributed by atoms with Crippen molar-refractivity contribution in [1.29, 1.82) is 0 Å². The van der Waals surface area contributed by atoms with E-state index >= 15 is 0 Å². The number of nitrogens with one attached hydrogen (secondary N) is 3. The first kappa shape index (κ1) is 34.9. The third kappa shape index (κ3) is 10.3. The van der Waals surface area contributed by atoms with Crippen molar-refractivity contribution >= 4 is 54.6 Å². The molecule has 3 N–H and O–H groups in total. The zero-order chi connectivity index (χ0) is 33.8. The number of carbonyl (C=O) groups excluding carboxylic acids is 3. The molecule has 1 aromatic heterocycles. The molecule has 1 atom stereocenters. The van der Waals surface area contributed by atoms with Gasteiger partial charge in [-0.25, -0.2) is 9.18 Å². The van der Waals surface area contributed by atoms with Crippen molar-refractivity contribution in [2.45, 2.75) is 12.5 Å². The lowest BCUT2D eigenvalue weighted by molar-refractivity contribution is -0.123. The minimum absolute atomic E-state index is 0.0698. The van der Waals surface area contributed by atoms with Crippen molar-refractivity contribution < 1.29 is 37.1 Å². The van der Waals surface area contributed by atoms with Crippen molar-refractivity contribution in [3.8, 4) is 5.69 Å². The summed E-state index contributed by atoms with van der Waals surface area (Å²) in [6, 6.07) is 16.5. The molecule has 0 saturated carbocycles. The molecule has 47 heavy (non-hydrogen) atoms. The van der Waals surface area contributed by atoms with E-state index in [1.54, 1.807) is 42.5 Å². The van der Waals surface area contributed by atoms with E-state index in [4.69, 9.17) is 25.4 Å². The zero-order valence-corrected chi connectivity index (χ0v) is 26.8. The monoisotopic (exact) mass is 685 g/mol. The first-order valence-electron chi connectivity index (χ1n) is 13.9. The van der Waals surface area contributed by atoms with E-state index in [0.29, 0.717) is 16.3 Å². The van der Waals surface area contributed by atoms with Gasteiger partial charge in [-0.05, 0) is 58.5 Å². The molecule has 3 amide bonds. The first-order valence-corrected chi connectivity index (χ1v) is 16.0. The Kier molecular flexibility index (Phi) is 12.3. The highest BCUT2D eigenvalue weighted by molar-refractivity contribution is 7.53. The minimum atomic E-state index is -3.38. The molecule has 0 aliphatic carbocycles. The zero-order valence-electron chi connectivity index (χ0n) is 25.1. The van der Waals surface area contributed by atoms with Crippen LogP contribution in [0.25, 0.3) is 11.8 Å². The van der Waals surface area contributed by atoms with Gasteiger partial charge in [0.2, 0.25) is 11.8 Å². The molecule has 0 bridgehead atoms. The first-order chi connectivity index (χ1) is 22.6. The second kappa shape index (κ2) is 16.6. The Bertz CT molecular complexity index is 1770. The SMILES string of the molecule is COP(=O)(CCOC(=O)Nc1ccc(NC(=O)[C@H](Cc2ccccc2)NC(=O)C=Cc2cc(Cl)ccc2-n2cnnn2)cc1F)OC. The summed E-state index contributed by atoms with van der Waals surface area (Å²) in [5.74, 6) is -2.07. The van der Waals surface area contributed by atoms with Crippen LogP contribution in [0.4, 0.5) is 20.6 Å². The van der Waals surface area contributed by atoms with Crippen molar-refractivity contribution in [1.82, 2.24) is 25.5 Å². The van der Waals surface area contributed by atoms with Crippen LogP contribution in [0.3, 0.4) is 0 Å². The van der Waals surface area contributed by atoms with Crippen molar-refractivity contribution in [3.05, 3.63) is 101 Å². The molecule has 17 heteroatoms. The molecule has 4 rings (SSSR count). The molecule has 3 aromatic carbocycles. The van der Waals surface area contributed by atoms with E-state index in [-0.39, 0.29) is 30.6 Å². The van der Waals surface area contributed by atoms with Gasteiger partial charge < -0.3 is 24.4 Å². The van der Waals surface area contributed by atoms with Gasteiger partial charge in [-0.1, -0.05) is 41.9 Å². The lowest BCUT2D eigenvalue weighted by Gasteiger charge is -2.18. The number of tetrazole rings is 1. The molecule has 246 valence electrons. The van der Waals surface area contributed by atoms with Gasteiger partial charge in [0.25, 0.3) is 0 Å². The number of amides is 3. The quantitative estimate of drug-likeness (QED) is 0.123. The fourth-order valence-electron chi connectivity index (χ4n) is 4.16. The van der Waals surface area contributed by atoms with Gasteiger partial charge in [0, 0.05) is 43.0 Å². The van der Waals surface area contributed by atoms with Gasteiger partial charge in [-0.15, -0.1) is 5.10 Å². The molecular weight excluding hydrogens is 656 g/mol. The van der Waals surface area contributed by atoms with Gasteiger partial charge >= 0.3 is 13.7 Å². The molecule has 0 aliphatic rings. The topological polar surface area (TPSA) is 176 Å². The number of rotatable bonds is 14. The molecule has 0 aliphatic heterocycles. The van der Waals surface area contributed by atoms with Crippen LogP contribution in [0.2, 0.25) is 5.02 Å². The van der Waals surface area contributed by atoms with Crippen LogP contribution in [0.1, 0.15) is 11.1 Å². The average molecular weight is 686 g/mol. The Morgan fingerprint density at radius 3 is 2.49 bits per heavy atom. The second-order valence-corrected chi connectivity index (χ2v) is 12.5. The highest BCUT2D eigenvalue weighted by atomic mass is 35.5. The van der Waals surface area contributed by atoms with E-state index in [1.165, 1.54) is 49.5 Å². The predicted molar refractivity (Wildman–Crippen MR) is 172 cm³/mol. The van der Waals surface area contributed by atoms with E-state index < -0.39 is 37.4 Å². The predicted octanol–water partition coefficient (Wildman–Crippen LogP) is 4.87. The number of anilines is 2. The Balaban J connectivity index is 1.43. The lowest BCUT2D eigenvalue weighted by atomic mass is 10.0. The number of halogens is 2. The number of aromatic nitrogens is 4. The van der Waals surface area contributed by atoms with E-state index in [0.717, 1.165) is 11.6 Å². The summed E-state index contributed by atoms with van der Waals surface area (Å²) < 4.78 is 42.8. The summed E-state index contributed by atoms with van der Waals surface area (Å²) in [6.45, 7) is -0.302. The highest BCUT2D eigenvalue weighted by Gasteiger charge is 2.23. The van der Waals surface area contributed by atoms with Crippen LogP contribution >= 0.6 is 19.2 Å². The molecule has 0 fully saturated rings. The second-order valence-electron chi connectivity index (χ2n) is 9.69. The number of nitrogens with zero attached hydrogens (tertiary/aromatic N) is 4. The molecule has 4 aromatic rings. The summed E-state index contributed by atoms with van der Waals surface area (Å²) in [7, 11) is -0.980. The normalized spacial score (nSPS) is 12.0. The van der Waals surface area contributed by atoms with E-state index in [9.17, 15) is 23.3 Å². The number of ether oxygens (including phenoxy) is 1. The van der Waals surface area contributed by atoms with Crippen LogP contribution in [0, 0.1) is 5.82 Å². The van der Waals surface area contributed by atoms with Crippen LogP contribution in [0.15, 0.2) is 79.1 Å². The van der Waals surface area contributed by atoms with E-state index in [2.05, 4.69) is 31.5 Å². The summed E-state index contributed by atoms with van der Waals surface area (Å²) in [4.78, 5) is 38.5. The van der Waals surface area contributed by atoms with E-state index in [1.807, 2.05) is 6.07 Å². The van der Waals surface area contributed by atoms with Crippen LogP contribution < -0.4 is 16.0 Å². The smallest absolute Gasteiger partial charge is 0.411 e. The largest absolute Gasteiger partial charge is 0.449 e. The van der Waals surface area contributed by atoms with Gasteiger partial charge in [0.15, 0.2) is 0 Å². The Morgan fingerprint density at radius 1 is 1.04 bits per heavy atom. The summed E-state index contributed by atoms with van der Waals surface area (Å²) in [5.41, 5.74) is 1.72. The molecule has 1 heterocycles. The van der Waals surface area contributed by atoms with Crippen LogP contribution in [-0.2, 0) is 34.4 Å². The molecule has 0 radical (unpaired) electrons. The van der Waals surface area contributed by atoms with Crippen LogP contribution in [0.5, 0.6) is 0 Å². The van der Waals surface area contributed by atoms with Crippen molar-refractivity contribution in [2.75, 3.05) is 37.6 Å². The van der Waals surface area contributed by atoms with Gasteiger partial charge in [-0.2, -0.15) is 4.68 Å². The number of hydrogen-bond acceptors (Lipinski definition) is 10. The van der Waals surface area contributed by atoms with Crippen molar-refractivity contribution in [2.24, 2.45) is 0 Å². The maximum atomic E-state index is 14.9. The third-order valence-corrected chi connectivity index (χ3v) is 8.62. The van der Waals surface area contributed by atoms with Crippen molar-refractivity contribution in [3.63, 3.8) is 0 Å². The maximum Gasteiger partial charge on any atom is 0.411 e. The lowest BCUT2D eigenvalue weighted by Crippen LogP contribution is -2.44. The van der Waals surface area contributed by atoms with Gasteiger partial charge in [0.1, 0.15) is 24.8 Å². The number of carbonyl (C=O) groups is 3. The fraction of sp³-hybridized carbons (Fsp3) is 0.200.